The van der Waals surface area contributed by atoms with Crippen molar-refractivity contribution in [3.05, 3.63) is 82.9 Å². The maximum Gasteiger partial charge on any atom is 0.410 e. The number of carbonyl (C=O) groups excluding carboxylic acids is 6. The summed E-state index contributed by atoms with van der Waals surface area (Å²) in [6.45, 7) is 25.8. The summed E-state index contributed by atoms with van der Waals surface area (Å²) in [5, 5.41) is 3.57. The van der Waals surface area contributed by atoms with E-state index in [0.29, 0.717) is 124 Å². The Morgan fingerprint density at radius 3 is 1.48 bits per heavy atom. The van der Waals surface area contributed by atoms with Gasteiger partial charge in [-0.05, 0) is 201 Å². The second-order valence-corrected chi connectivity index (χ2v) is 27.8. The first-order chi connectivity index (χ1) is 44.8. The Morgan fingerprint density at radius 1 is 0.553 bits per heavy atom. The van der Waals surface area contributed by atoms with Crippen molar-refractivity contribution in [3.63, 3.8) is 0 Å². The molecule has 3 aromatic carbocycles. The predicted molar refractivity (Wildman–Crippen MR) is 362 cm³/mol. The number of nitrogens with one attached hydrogen (secondary N) is 1. The van der Waals surface area contributed by atoms with E-state index in [1.807, 2.05) is 102 Å². The van der Waals surface area contributed by atoms with Gasteiger partial charge in [0.05, 0.1) is 58.1 Å². The molecule has 2 heterocycles. The molecular weight excluding hydrogens is 1200 g/mol. The number of amides is 5. The maximum absolute atomic E-state index is 14.2. The lowest BCUT2D eigenvalue weighted by Crippen LogP contribution is -2.58. The minimum absolute atomic E-state index is 0.00498. The molecule has 94 heavy (non-hydrogen) atoms. The number of methoxy groups -OCH3 is 4. The van der Waals surface area contributed by atoms with Gasteiger partial charge >= 0.3 is 18.2 Å². The molecule has 524 valence electrons. The van der Waals surface area contributed by atoms with Crippen LogP contribution in [0.1, 0.15) is 203 Å². The number of esters is 1. The second-order valence-electron chi connectivity index (χ2n) is 27.8. The van der Waals surface area contributed by atoms with Gasteiger partial charge in [-0.3, -0.25) is 14.4 Å². The summed E-state index contributed by atoms with van der Waals surface area (Å²) >= 11 is 0. The fraction of sp³-hybridized carbons (Fsp3) is 0.671. The first kappa shape index (κ1) is 76.2. The van der Waals surface area contributed by atoms with Crippen LogP contribution in [0.25, 0.3) is 0 Å². The van der Waals surface area contributed by atoms with Gasteiger partial charge in [-0.15, -0.1) is 0 Å². The molecule has 2 aliphatic heterocycles. The molecule has 0 unspecified atom stereocenters. The molecule has 2 saturated heterocycles. The molecule has 3 aromatic rings. The molecule has 2 aliphatic carbocycles. The molecule has 7 rings (SSSR count). The summed E-state index contributed by atoms with van der Waals surface area (Å²) in [6.07, 6.45) is 11.4. The Balaban J connectivity index is 0.000000316. The number of ether oxygens (including phenoxy) is 9. The Kier molecular flexibility index (Phi) is 29.9. The quantitative estimate of drug-likeness (QED) is 0.0349. The highest BCUT2D eigenvalue weighted by Crippen LogP contribution is 2.36. The molecule has 2 saturated carbocycles. The van der Waals surface area contributed by atoms with Crippen molar-refractivity contribution in [1.29, 1.82) is 0 Å². The molecule has 21 heteroatoms. The Bertz CT molecular complexity index is 2900. The van der Waals surface area contributed by atoms with Crippen molar-refractivity contribution in [2.24, 2.45) is 0 Å². The monoisotopic (exact) mass is 1310 g/mol. The van der Waals surface area contributed by atoms with E-state index >= 15 is 0 Å². The van der Waals surface area contributed by atoms with Gasteiger partial charge in [0.1, 0.15) is 11.2 Å². The van der Waals surface area contributed by atoms with Gasteiger partial charge in [0.2, 0.25) is 5.91 Å². The number of unbranched alkanes of at least 4 members (excludes halogenated alkanes) is 1. The highest BCUT2D eigenvalue weighted by atomic mass is 16.6. The van der Waals surface area contributed by atoms with Crippen LogP contribution in [0.4, 0.5) is 9.59 Å². The molecule has 0 aromatic heterocycles. The van der Waals surface area contributed by atoms with E-state index in [9.17, 15) is 28.8 Å². The van der Waals surface area contributed by atoms with Crippen LogP contribution < -0.4 is 24.3 Å². The third kappa shape index (κ3) is 23.8. The predicted octanol–water partition coefficient (Wildman–Crippen LogP) is 12.2. The zero-order valence-electron chi connectivity index (χ0n) is 59.2. The van der Waals surface area contributed by atoms with Crippen molar-refractivity contribution in [1.82, 2.24) is 29.8 Å². The average molecular weight is 1310 g/mol. The molecule has 21 nitrogen and oxygen atoms in total. The number of hydrogen-bond donors (Lipinski definition) is 1. The van der Waals surface area contributed by atoms with Crippen molar-refractivity contribution in [3.8, 4) is 23.0 Å². The lowest BCUT2D eigenvalue weighted by Gasteiger charge is -2.45. The van der Waals surface area contributed by atoms with Crippen LogP contribution in [0, 0.1) is 0 Å². The maximum atomic E-state index is 14.2. The fourth-order valence-corrected chi connectivity index (χ4v) is 12.1. The average Bonchev–Trinajstić information content (AvgIpc) is 1.00. The van der Waals surface area contributed by atoms with E-state index in [1.54, 1.807) is 87.9 Å². The number of hydrogen-bond acceptors (Lipinski definition) is 16. The number of nitrogens with zero attached hydrogens (tertiary/aromatic N) is 5. The van der Waals surface area contributed by atoms with Gasteiger partial charge in [-0.25, -0.2) is 14.4 Å². The normalized spacial score (nSPS) is 18.1. The van der Waals surface area contributed by atoms with Gasteiger partial charge in [0, 0.05) is 107 Å². The summed E-state index contributed by atoms with van der Waals surface area (Å²) in [4.78, 5) is 91.0. The zero-order chi connectivity index (χ0) is 68.7. The lowest BCUT2D eigenvalue weighted by atomic mass is 9.93. The summed E-state index contributed by atoms with van der Waals surface area (Å²) in [6, 6.07) is 17.7. The molecule has 0 spiro atoms. The molecule has 0 radical (unpaired) electrons. The summed E-state index contributed by atoms with van der Waals surface area (Å²) < 4.78 is 50.2. The van der Waals surface area contributed by atoms with E-state index in [1.165, 1.54) is 12.8 Å². The number of rotatable bonds is 32. The highest BCUT2D eigenvalue weighted by Gasteiger charge is 2.42. The minimum Gasteiger partial charge on any atom is -0.493 e. The third-order valence-electron chi connectivity index (χ3n) is 17.1. The van der Waals surface area contributed by atoms with Gasteiger partial charge in [-0.2, -0.15) is 0 Å². The van der Waals surface area contributed by atoms with E-state index in [4.69, 9.17) is 42.6 Å². The van der Waals surface area contributed by atoms with Crippen LogP contribution in [-0.2, 0) is 34.9 Å². The van der Waals surface area contributed by atoms with Crippen LogP contribution >= 0.6 is 0 Å². The Labute approximate surface area is 560 Å². The molecule has 4 aliphatic rings. The SMILES string of the molecule is CCCCOC(=O)c1cccc(CC(=O)N(CC[C@H]2CC[C@@H](N(C(=O)c3ccc(OC)c(OCCCOC)c3)C(C)C)CN2C(=O)OC(C)(C)C)C2CC2)c1.COCCCOc1cc(C(=O)N(C(C)C)[C@@H]2CC[C@H](CCNC3CC3)N(C(=O)OC(C)(C)C)C2)ccc1OC. The Morgan fingerprint density at radius 2 is 1.04 bits per heavy atom. The standard InChI is InChI=1S/C43H63N3O9.C30H49N3O6/c1-9-10-24-54-41(49)33-14-11-13-31(26-33)27-39(47)44(34-16-17-34)22-21-35-18-19-36(29-45(35)42(50)55-43(4,5)6)46(30(2)3)40(48)32-15-20-37(52-8)38(28-32)53-25-12-23-51-7;1-21(2)33(28(34)22-9-14-26(37-7)27(19-22)38-18-8-17-36-6)25-13-12-24(15-16-31-23-10-11-23)32(20-25)29(35)39-30(3,4)5/h11,13-15,20,26,28,30,34-36H,9-10,12,16-19,21-25,27,29H2,1-8H3;9,14,19,21,23-25,31H,8,10-13,15-18,20H2,1-7H3/t35-,36-;24-,25-/m11/s1. The second kappa shape index (κ2) is 36.9. The molecule has 1 N–H and O–H groups in total. The topological polar surface area (TPSA) is 214 Å². The molecular formula is C73H112N6O15. The van der Waals surface area contributed by atoms with E-state index in [-0.39, 0.29) is 78.5 Å². The zero-order valence-corrected chi connectivity index (χ0v) is 59.2. The van der Waals surface area contributed by atoms with Gasteiger partial charge < -0.3 is 72.4 Å². The van der Waals surface area contributed by atoms with Crippen LogP contribution in [0.2, 0.25) is 0 Å². The van der Waals surface area contributed by atoms with Crippen LogP contribution in [0.5, 0.6) is 23.0 Å². The number of likely N-dealkylation sites (tertiary alicyclic amines) is 2. The fourth-order valence-electron chi connectivity index (χ4n) is 12.1. The van der Waals surface area contributed by atoms with Crippen molar-refractivity contribution in [2.45, 2.75) is 232 Å². The first-order valence-electron chi connectivity index (χ1n) is 34.3. The van der Waals surface area contributed by atoms with Gasteiger partial charge in [0.25, 0.3) is 11.8 Å². The van der Waals surface area contributed by atoms with Crippen LogP contribution in [0.3, 0.4) is 0 Å². The Hall–Kier alpha value is -6.84. The lowest BCUT2D eigenvalue weighted by molar-refractivity contribution is -0.131. The van der Waals surface area contributed by atoms with Crippen molar-refractivity contribution < 1.29 is 71.4 Å². The third-order valence-corrected chi connectivity index (χ3v) is 17.1. The number of benzene rings is 3. The van der Waals surface area contributed by atoms with E-state index < -0.39 is 17.3 Å². The number of carbonyl (C=O) groups is 6. The molecule has 0 bridgehead atoms. The highest BCUT2D eigenvalue weighted by molar-refractivity contribution is 5.96. The summed E-state index contributed by atoms with van der Waals surface area (Å²) in [5.41, 5.74) is 0.911. The minimum atomic E-state index is -0.710. The van der Waals surface area contributed by atoms with Crippen molar-refractivity contribution >= 4 is 35.9 Å². The van der Waals surface area contributed by atoms with Gasteiger partial charge in [-0.1, -0.05) is 25.5 Å². The molecule has 5 amide bonds. The van der Waals surface area contributed by atoms with Gasteiger partial charge in [0.15, 0.2) is 23.0 Å². The van der Waals surface area contributed by atoms with E-state index in [2.05, 4.69) is 5.32 Å². The summed E-state index contributed by atoms with van der Waals surface area (Å²) in [5.74, 6) is 1.51. The van der Waals surface area contributed by atoms with Crippen LogP contribution in [-0.4, -0.2) is 208 Å². The first-order valence-corrected chi connectivity index (χ1v) is 34.3. The molecule has 4 fully saturated rings. The summed E-state index contributed by atoms with van der Waals surface area (Å²) in [7, 11) is 6.45. The van der Waals surface area contributed by atoms with Crippen molar-refractivity contribution in [2.75, 3.05) is 87.7 Å². The van der Waals surface area contributed by atoms with E-state index in [0.717, 1.165) is 63.5 Å². The largest absolute Gasteiger partial charge is 0.493 e. The molecule has 4 atom stereocenters. The number of piperidine rings is 2. The van der Waals surface area contributed by atoms with Crippen LogP contribution in [0.15, 0.2) is 60.7 Å². The smallest absolute Gasteiger partial charge is 0.410 e.